The van der Waals surface area contributed by atoms with Gasteiger partial charge >= 0.3 is 0 Å². The molecule has 1 heterocycles. The Labute approximate surface area is 183 Å². The smallest absolute Gasteiger partial charge is 0.244 e. The summed E-state index contributed by atoms with van der Waals surface area (Å²) in [4.78, 5) is 12.5. The Bertz CT molecular complexity index is 1150. The minimum atomic E-state index is -3.50. The van der Waals surface area contributed by atoms with Crippen LogP contribution in [0.4, 0.5) is 0 Å². The number of nitrogens with zero attached hydrogens (tertiary/aromatic N) is 1. The highest BCUT2D eigenvalue weighted by atomic mass is 32.2. The molecule has 8 nitrogen and oxygen atoms in total. The summed E-state index contributed by atoms with van der Waals surface area (Å²) in [7, 11) is -5.60. The van der Waals surface area contributed by atoms with Crippen molar-refractivity contribution in [3.8, 4) is 0 Å². The first kappa shape index (κ1) is 23.1. The molecule has 10 heteroatoms. The molecule has 0 aliphatic carbocycles. The maximum atomic E-state index is 12.5. The number of carbonyl (C=O) groups excluding carboxylic acids is 1. The molecule has 2 N–H and O–H groups in total. The average molecular weight is 464 g/mol. The van der Waals surface area contributed by atoms with Crippen molar-refractivity contribution in [2.45, 2.75) is 29.2 Å². The molecule has 2 aromatic rings. The van der Waals surface area contributed by atoms with Gasteiger partial charge in [0.2, 0.25) is 26.0 Å². The third-order valence-corrected chi connectivity index (χ3v) is 8.32. The number of hydrogen-bond donors (Lipinski definition) is 2. The van der Waals surface area contributed by atoms with E-state index in [1.54, 1.807) is 42.5 Å². The largest absolute Gasteiger partial charge is 0.348 e. The molecule has 0 radical (unpaired) electrons. The van der Waals surface area contributed by atoms with Gasteiger partial charge in [0.15, 0.2) is 0 Å². The summed E-state index contributed by atoms with van der Waals surface area (Å²) >= 11 is 0. The topological polar surface area (TPSA) is 113 Å². The summed E-state index contributed by atoms with van der Waals surface area (Å²) in [5.74, 6) is -0.319. The number of carbonyl (C=O) groups is 1. The van der Waals surface area contributed by atoms with Gasteiger partial charge in [-0.3, -0.25) is 4.79 Å². The van der Waals surface area contributed by atoms with Gasteiger partial charge in [-0.05, 0) is 61.4 Å². The SMILES string of the molecule is CNS(=O)(=O)c1ccc(C=CC(=O)NCc2ccc(S(=O)(=O)N3CCCC3)cc2)cc1. The van der Waals surface area contributed by atoms with E-state index in [4.69, 9.17) is 0 Å². The van der Waals surface area contributed by atoms with Crippen molar-refractivity contribution in [1.82, 2.24) is 14.3 Å². The molecular formula is C21H25N3O5S2. The molecule has 1 fully saturated rings. The zero-order valence-corrected chi connectivity index (χ0v) is 18.7. The number of nitrogens with one attached hydrogen (secondary N) is 2. The molecule has 1 saturated heterocycles. The molecule has 3 rings (SSSR count). The van der Waals surface area contributed by atoms with E-state index in [0.29, 0.717) is 18.7 Å². The van der Waals surface area contributed by atoms with Crippen molar-refractivity contribution in [2.24, 2.45) is 0 Å². The molecule has 0 saturated carbocycles. The van der Waals surface area contributed by atoms with Gasteiger partial charge < -0.3 is 5.32 Å². The van der Waals surface area contributed by atoms with E-state index < -0.39 is 20.0 Å². The van der Waals surface area contributed by atoms with Crippen LogP contribution in [0.5, 0.6) is 0 Å². The van der Waals surface area contributed by atoms with E-state index in [1.807, 2.05) is 0 Å². The minimum absolute atomic E-state index is 0.145. The van der Waals surface area contributed by atoms with E-state index in [1.165, 1.54) is 29.6 Å². The molecule has 0 spiro atoms. The molecular weight excluding hydrogens is 438 g/mol. The van der Waals surface area contributed by atoms with Gasteiger partial charge in [-0.2, -0.15) is 4.31 Å². The molecule has 0 unspecified atom stereocenters. The first-order valence-electron chi connectivity index (χ1n) is 9.81. The molecule has 2 aromatic carbocycles. The summed E-state index contributed by atoms with van der Waals surface area (Å²) < 4.78 is 52.2. The van der Waals surface area contributed by atoms with Crippen LogP contribution >= 0.6 is 0 Å². The Hall–Kier alpha value is -2.53. The fraction of sp³-hybridized carbons (Fsp3) is 0.286. The number of benzene rings is 2. The van der Waals surface area contributed by atoms with Gasteiger partial charge in [0, 0.05) is 25.7 Å². The van der Waals surface area contributed by atoms with Crippen LogP contribution in [0.25, 0.3) is 6.08 Å². The van der Waals surface area contributed by atoms with E-state index in [0.717, 1.165) is 18.4 Å². The minimum Gasteiger partial charge on any atom is -0.348 e. The summed E-state index contributed by atoms with van der Waals surface area (Å²) in [6.45, 7) is 1.37. The highest BCUT2D eigenvalue weighted by molar-refractivity contribution is 7.89. The van der Waals surface area contributed by atoms with Gasteiger partial charge in [-0.15, -0.1) is 0 Å². The molecule has 0 aromatic heterocycles. The first-order chi connectivity index (χ1) is 14.7. The van der Waals surface area contributed by atoms with Crippen molar-refractivity contribution in [3.63, 3.8) is 0 Å². The zero-order valence-electron chi connectivity index (χ0n) is 17.1. The van der Waals surface area contributed by atoms with Crippen LogP contribution in [-0.2, 0) is 31.4 Å². The lowest BCUT2D eigenvalue weighted by molar-refractivity contribution is -0.116. The normalized spacial score (nSPS) is 15.4. The van der Waals surface area contributed by atoms with Crippen LogP contribution in [0.15, 0.2) is 64.4 Å². The lowest BCUT2D eigenvalue weighted by atomic mass is 10.2. The third kappa shape index (κ3) is 5.79. The standard InChI is InChI=1S/C21H25N3O5S2/c1-22-30(26,27)19-9-4-17(5-10-19)8-13-21(25)23-16-18-6-11-20(12-7-18)31(28,29)24-14-2-3-15-24/h4-13,22H,2-3,14-16H2,1H3,(H,23,25). The second kappa shape index (κ2) is 9.73. The number of hydrogen-bond acceptors (Lipinski definition) is 5. The summed E-state index contributed by atoms with van der Waals surface area (Å²) in [6.07, 6.45) is 4.71. The lowest BCUT2D eigenvalue weighted by Gasteiger charge is -2.15. The third-order valence-electron chi connectivity index (χ3n) is 4.98. The van der Waals surface area contributed by atoms with Crippen LogP contribution < -0.4 is 10.0 Å². The van der Waals surface area contributed by atoms with Crippen LogP contribution in [0, 0.1) is 0 Å². The number of rotatable bonds is 8. The molecule has 0 atom stereocenters. The fourth-order valence-electron chi connectivity index (χ4n) is 3.15. The maximum absolute atomic E-state index is 12.5. The molecule has 31 heavy (non-hydrogen) atoms. The Kier molecular flexibility index (Phi) is 7.26. The van der Waals surface area contributed by atoms with Crippen LogP contribution in [0.2, 0.25) is 0 Å². The van der Waals surface area contributed by atoms with Gasteiger partial charge in [0.05, 0.1) is 9.79 Å². The molecule has 1 amide bonds. The second-order valence-electron chi connectivity index (χ2n) is 7.08. The number of amides is 1. The average Bonchev–Trinajstić information content (AvgIpc) is 3.33. The first-order valence-corrected chi connectivity index (χ1v) is 12.7. The molecule has 0 bridgehead atoms. The summed E-state index contributed by atoms with van der Waals surface area (Å²) in [6, 6.07) is 12.6. The second-order valence-corrected chi connectivity index (χ2v) is 10.9. The van der Waals surface area contributed by atoms with E-state index in [9.17, 15) is 21.6 Å². The summed E-state index contributed by atoms with van der Waals surface area (Å²) in [5.41, 5.74) is 1.46. The quantitative estimate of drug-likeness (QED) is 0.579. The predicted molar refractivity (Wildman–Crippen MR) is 118 cm³/mol. The maximum Gasteiger partial charge on any atom is 0.244 e. The lowest BCUT2D eigenvalue weighted by Crippen LogP contribution is -2.27. The zero-order chi connectivity index (χ0) is 22.5. The van der Waals surface area contributed by atoms with Crippen LogP contribution in [0.1, 0.15) is 24.0 Å². The monoisotopic (exact) mass is 463 g/mol. The highest BCUT2D eigenvalue weighted by Gasteiger charge is 2.26. The Morgan fingerprint density at radius 3 is 2.10 bits per heavy atom. The number of sulfonamides is 2. The van der Waals surface area contributed by atoms with Crippen molar-refractivity contribution in [1.29, 1.82) is 0 Å². The van der Waals surface area contributed by atoms with Gasteiger partial charge in [0.25, 0.3) is 0 Å². The summed E-state index contributed by atoms with van der Waals surface area (Å²) in [5, 5.41) is 2.74. The van der Waals surface area contributed by atoms with Crippen molar-refractivity contribution < 1.29 is 21.6 Å². The fourth-order valence-corrected chi connectivity index (χ4v) is 5.40. The molecule has 1 aliphatic rings. The Morgan fingerprint density at radius 2 is 1.52 bits per heavy atom. The van der Waals surface area contributed by atoms with Gasteiger partial charge in [-0.1, -0.05) is 24.3 Å². The van der Waals surface area contributed by atoms with Crippen molar-refractivity contribution in [3.05, 3.63) is 65.7 Å². The van der Waals surface area contributed by atoms with E-state index >= 15 is 0 Å². The van der Waals surface area contributed by atoms with Gasteiger partial charge in [0.1, 0.15) is 0 Å². The Morgan fingerprint density at radius 1 is 0.935 bits per heavy atom. The van der Waals surface area contributed by atoms with Gasteiger partial charge in [-0.25, -0.2) is 21.6 Å². The van der Waals surface area contributed by atoms with Crippen molar-refractivity contribution in [2.75, 3.05) is 20.1 Å². The van der Waals surface area contributed by atoms with E-state index in [2.05, 4.69) is 10.0 Å². The predicted octanol–water partition coefficient (Wildman–Crippen LogP) is 1.71. The Balaban J connectivity index is 1.55. The molecule has 166 valence electrons. The van der Waals surface area contributed by atoms with Crippen LogP contribution in [0.3, 0.4) is 0 Å². The van der Waals surface area contributed by atoms with E-state index in [-0.39, 0.29) is 22.2 Å². The van der Waals surface area contributed by atoms with Crippen molar-refractivity contribution >= 4 is 32.0 Å². The highest BCUT2D eigenvalue weighted by Crippen LogP contribution is 2.21. The van der Waals surface area contributed by atoms with Crippen LogP contribution in [-0.4, -0.2) is 47.2 Å². The molecule has 1 aliphatic heterocycles.